The summed E-state index contributed by atoms with van der Waals surface area (Å²) in [6, 6.07) is 8.27. The van der Waals surface area contributed by atoms with Crippen molar-refractivity contribution in [1.82, 2.24) is 0 Å². The Hall–Kier alpha value is -1.31. The first-order valence-corrected chi connectivity index (χ1v) is 5.33. The van der Waals surface area contributed by atoms with Gasteiger partial charge in [-0.05, 0) is 42.4 Å². The number of rotatable bonds is 3. The van der Waals surface area contributed by atoms with Crippen molar-refractivity contribution in [3.63, 3.8) is 0 Å². The van der Waals surface area contributed by atoms with Gasteiger partial charge in [0.25, 0.3) is 0 Å². The quantitative estimate of drug-likeness (QED) is 0.703. The molecule has 3 saturated carbocycles. The van der Waals surface area contributed by atoms with E-state index in [0.717, 1.165) is 31.3 Å². The van der Waals surface area contributed by atoms with Crippen LogP contribution >= 0.6 is 0 Å². The summed E-state index contributed by atoms with van der Waals surface area (Å²) in [4.78, 5) is 10.8. The molecule has 15 heavy (non-hydrogen) atoms. The normalized spacial score (nSPS) is 36.3. The molecular weight excluding hydrogens is 188 g/mol. The summed E-state index contributed by atoms with van der Waals surface area (Å²) in [7, 11) is 1.68. The van der Waals surface area contributed by atoms with Crippen molar-refractivity contribution in [1.29, 1.82) is 0 Å². The van der Waals surface area contributed by atoms with Crippen LogP contribution in [0, 0.1) is 5.41 Å². The lowest BCUT2D eigenvalue weighted by atomic mass is 9.34. The highest BCUT2D eigenvalue weighted by Gasteiger charge is 2.68. The summed E-state index contributed by atoms with van der Waals surface area (Å²) in [6.07, 6.45) is 4.31. The molecule has 4 rings (SSSR count). The summed E-state index contributed by atoms with van der Waals surface area (Å²) in [5, 5.41) is 0. The van der Waals surface area contributed by atoms with Crippen molar-refractivity contribution in [2.45, 2.75) is 24.7 Å². The third kappa shape index (κ3) is 1.02. The summed E-state index contributed by atoms with van der Waals surface area (Å²) in [5.74, 6) is 0.899. The molecule has 0 aliphatic heterocycles. The Kier molecular flexibility index (Phi) is 1.57. The van der Waals surface area contributed by atoms with Crippen molar-refractivity contribution in [3.8, 4) is 5.75 Å². The maximum atomic E-state index is 10.8. The van der Waals surface area contributed by atoms with Crippen LogP contribution in [0.2, 0.25) is 0 Å². The van der Waals surface area contributed by atoms with Gasteiger partial charge in [0, 0.05) is 5.41 Å². The average molecular weight is 202 g/mol. The SMILES string of the molecule is COc1ccc(C23CC(C=O)(C2)C3)cc1. The van der Waals surface area contributed by atoms with Gasteiger partial charge in [0.2, 0.25) is 0 Å². The largest absolute Gasteiger partial charge is 0.497 e. The summed E-state index contributed by atoms with van der Waals surface area (Å²) in [5.41, 5.74) is 1.75. The third-order valence-corrected chi connectivity index (χ3v) is 4.02. The van der Waals surface area contributed by atoms with E-state index in [-0.39, 0.29) is 5.41 Å². The molecule has 0 amide bonds. The van der Waals surface area contributed by atoms with E-state index in [2.05, 4.69) is 12.1 Å². The van der Waals surface area contributed by atoms with Gasteiger partial charge >= 0.3 is 0 Å². The highest BCUT2D eigenvalue weighted by Crippen LogP contribution is 2.72. The fourth-order valence-corrected chi connectivity index (χ4v) is 3.24. The molecular formula is C13H14O2. The Balaban J connectivity index is 1.82. The van der Waals surface area contributed by atoms with Crippen LogP contribution in [0.15, 0.2) is 24.3 Å². The van der Waals surface area contributed by atoms with Gasteiger partial charge in [-0.3, -0.25) is 0 Å². The van der Waals surface area contributed by atoms with Crippen LogP contribution in [0.4, 0.5) is 0 Å². The first-order chi connectivity index (χ1) is 7.22. The van der Waals surface area contributed by atoms with Crippen LogP contribution in [0.5, 0.6) is 5.75 Å². The standard InChI is InChI=1S/C13H14O2/c1-15-11-4-2-10(3-5-11)13-6-12(7-13,8-13)9-14/h2-5,9H,6-8H2,1H3. The lowest BCUT2D eigenvalue weighted by Crippen LogP contribution is -2.65. The first kappa shape index (κ1) is 8.96. The molecule has 3 aliphatic rings. The zero-order chi connectivity index (χ0) is 10.5. The number of hydrogen-bond acceptors (Lipinski definition) is 2. The molecule has 1 aromatic rings. The monoisotopic (exact) mass is 202 g/mol. The first-order valence-electron chi connectivity index (χ1n) is 5.33. The molecule has 3 fully saturated rings. The number of carbonyl (C=O) groups is 1. The molecule has 2 bridgehead atoms. The fourth-order valence-electron chi connectivity index (χ4n) is 3.24. The van der Waals surface area contributed by atoms with Gasteiger partial charge in [-0.15, -0.1) is 0 Å². The van der Waals surface area contributed by atoms with Gasteiger partial charge in [0.05, 0.1) is 7.11 Å². The van der Waals surface area contributed by atoms with Crippen LogP contribution in [0.3, 0.4) is 0 Å². The van der Waals surface area contributed by atoms with Crippen LogP contribution in [0.1, 0.15) is 24.8 Å². The number of aldehydes is 1. The molecule has 0 saturated heterocycles. The number of benzene rings is 1. The van der Waals surface area contributed by atoms with Crippen molar-refractivity contribution in [3.05, 3.63) is 29.8 Å². The highest BCUT2D eigenvalue weighted by molar-refractivity contribution is 5.69. The van der Waals surface area contributed by atoms with Gasteiger partial charge < -0.3 is 9.53 Å². The van der Waals surface area contributed by atoms with Gasteiger partial charge in [0.1, 0.15) is 12.0 Å². The predicted molar refractivity (Wildman–Crippen MR) is 57.0 cm³/mol. The Morgan fingerprint density at radius 3 is 2.27 bits per heavy atom. The second-order valence-electron chi connectivity index (χ2n) is 5.02. The van der Waals surface area contributed by atoms with E-state index in [1.165, 1.54) is 5.56 Å². The number of methoxy groups -OCH3 is 1. The molecule has 0 unspecified atom stereocenters. The van der Waals surface area contributed by atoms with Gasteiger partial charge in [-0.25, -0.2) is 0 Å². The molecule has 78 valence electrons. The molecule has 2 heteroatoms. The minimum absolute atomic E-state index is 0.0555. The molecule has 3 aliphatic carbocycles. The van der Waals surface area contributed by atoms with Crippen molar-refractivity contribution in [2.75, 3.05) is 7.11 Å². The number of hydrogen-bond donors (Lipinski definition) is 0. The van der Waals surface area contributed by atoms with Crippen molar-refractivity contribution >= 4 is 6.29 Å². The number of ether oxygens (including phenoxy) is 1. The van der Waals surface area contributed by atoms with E-state index in [4.69, 9.17) is 4.74 Å². The predicted octanol–water partition coefficient (Wildman–Crippen LogP) is 2.32. The maximum absolute atomic E-state index is 10.8. The van der Waals surface area contributed by atoms with E-state index in [0.29, 0.717) is 5.41 Å². The van der Waals surface area contributed by atoms with Crippen LogP contribution < -0.4 is 4.74 Å². The van der Waals surface area contributed by atoms with E-state index >= 15 is 0 Å². The highest BCUT2D eigenvalue weighted by atomic mass is 16.5. The Labute approximate surface area is 89.2 Å². The fraction of sp³-hybridized carbons (Fsp3) is 0.462. The molecule has 0 radical (unpaired) electrons. The van der Waals surface area contributed by atoms with Crippen molar-refractivity contribution < 1.29 is 9.53 Å². The summed E-state index contributed by atoms with van der Waals surface area (Å²) < 4.78 is 5.13. The van der Waals surface area contributed by atoms with Crippen LogP contribution in [-0.4, -0.2) is 13.4 Å². The van der Waals surface area contributed by atoms with E-state index in [1.54, 1.807) is 7.11 Å². The van der Waals surface area contributed by atoms with Crippen LogP contribution in [-0.2, 0) is 10.2 Å². The Bertz CT molecular complexity index is 385. The lowest BCUT2D eigenvalue weighted by Gasteiger charge is -2.68. The zero-order valence-electron chi connectivity index (χ0n) is 8.82. The second kappa shape index (κ2) is 2.63. The second-order valence-corrected chi connectivity index (χ2v) is 5.02. The van der Waals surface area contributed by atoms with Crippen LogP contribution in [0.25, 0.3) is 0 Å². The molecule has 0 N–H and O–H groups in total. The number of carbonyl (C=O) groups excluding carboxylic acids is 1. The molecule has 0 atom stereocenters. The maximum Gasteiger partial charge on any atom is 0.126 e. The zero-order valence-corrected chi connectivity index (χ0v) is 8.82. The lowest BCUT2D eigenvalue weighted by molar-refractivity contribution is -0.159. The Morgan fingerprint density at radius 2 is 1.80 bits per heavy atom. The van der Waals surface area contributed by atoms with E-state index in [9.17, 15) is 4.79 Å². The third-order valence-electron chi connectivity index (χ3n) is 4.02. The van der Waals surface area contributed by atoms with Gasteiger partial charge in [-0.2, -0.15) is 0 Å². The minimum atomic E-state index is 0.0555. The van der Waals surface area contributed by atoms with Gasteiger partial charge in [-0.1, -0.05) is 12.1 Å². The molecule has 0 spiro atoms. The molecule has 2 nitrogen and oxygen atoms in total. The molecule has 1 aromatic carbocycles. The summed E-state index contributed by atoms with van der Waals surface area (Å²) >= 11 is 0. The van der Waals surface area contributed by atoms with Gasteiger partial charge in [0.15, 0.2) is 0 Å². The van der Waals surface area contributed by atoms with Crippen molar-refractivity contribution in [2.24, 2.45) is 5.41 Å². The van der Waals surface area contributed by atoms with E-state index < -0.39 is 0 Å². The minimum Gasteiger partial charge on any atom is -0.497 e. The summed E-state index contributed by atoms with van der Waals surface area (Å²) in [6.45, 7) is 0. The topological polar surface area (TPSA) is 26.3 Å². The molecule has 0 aromatic heterocycles. The van der Waals surface area contributed by atoms with E-state index in [1.807, 2.05) is 12.1 Å². The molecule has 0 heterocycles. The Morgan fingerprint density at radius 1 is 1.20 bits per heavy atom. The smallest absolute Gasteiger partial charge is 0.126 e. The average Bonchev–Trinajstić information content (AvgIpc) is 2.16.